The van der Waals surface area contributed by atoms with E-state index in [1.807, 2.05) is 0 Å². The van der Waals surface area contributed by atoms with E-state index in [1.54, 1.807) is 24.3 Å². The van der Waals surface area contributed by atoms with Crippen LogP contribution < -0.4 is 10.6 Å². The highest BCUT2D eigenvalue weighted by Crippen LogP contribution is 2.14. The Balaban J connectivity index is 1.65. The highest BCUT2D eigenvalue weighted by molar-refractivity contribution is 6.30. The number of nitrogens with one attached hydrogen (secondary N) is 2. The van der Waals surface area contributed by atoms with Gasteiger partial charge >= 0.3 is 6.03 Å². The number of hydrogen-bond donors (Lipinski definition) is 2. The van der Waals surface area contributed by atoms with Crippen molar-refractivity contribution in [1.29, 1.82) is 0 Å². The number of rotatable bonds is 5. The second kappa shape index (κ2) is 7.50. The van der Waals surface area contributed by atoms with Gasteiger partial charge in [0.1, 0.15) is 0 Å². The summed E-state index contributed by atoms with van der Waals surface area (Å²) in [6.07, 6.45) is 3.58. The van der Waals surface area contributed by atoms with Crippen LogP contribution in [-0.4, -0.2) is 36.6 Å². The van der Waals surface area contributed by atoms with Crippen molar-refractivity contribution in [2.45, 2.75) is 32.2 Å². The van der Waals surface area contributed by atoms with Gasteiger partial charge in [-0.1, -0.05) is 11.6 Å². The second-order valence-electron chi connectivity index (χ2n) is 5.27. The van der Waals surface area contributed by atoms with Crippen molar-refractivity contribution in [1.82, 2.24) is 10.2 Å². The summed E-state index contributed by atoms with van der Waals surface area (Å²) in [5.41, 5.74) is 0.750. The molecule has 0 aliphatic carbocycles. The van der Waals surface area contributed by atoms with Crippen LogP contribution in [0.2, 0.25) is 5.02 Å². The standard InChI is InChI=1S/C15H22ClN3O/c1-12(19-10-2-3-11-19)8-9-17-15(20)18-14-6-4-13(16)5-7-14/h4-7,12H,2-3,8-11H2,1H3,(H2,17,18,20)/t12-/m1/s1. The minimum Gasteiger partial charge on any atom is -0.338 e. The minimum atomic E-state index is -0.166. The number of urea groups is 1. The van der Waals surface area contributed by atoms with Crippen molar-refractivity contribution in [2.75, 3.05) is 25.0 Å². The van der Waals surface area contributed by atoms with E-state index in [4.69, 9.17) is 11.6 Å². The van der Waals surface area contributed by atoms with Crippen molar-refractivity contribution in [2.24, 2.45) is 0 Å². The van der Waals surface area contributed by atoms with Crippen LogP contribution >= 0.6 is 11.6 Å². The van der Waals surface area contributed by atoms with Crippen molar-refractivity contribution >= 4 is 23.3 Å². The normalized spacial score (nSPS) is 16.9. The first-order valence-electron chi connectivity index (χ1n) is 7.19. The number of hydrogen-bond acceptors (Lipinski definition) is 2. The molecule has 0 unspecified atom stereocenters. The molecule has 0 bridgehead atoms. The van der Waals surface area contributed by atoms with Gasteiger partial charge in [0.15, 0.2) is 0 Å². The smallest absolute Gasteiger partial charge is 0.319 e. The molecule has 2 amide bonds. The first kappa shape index (κ1) is 15.1. The highest BCUT2D eigenvalue weighted by Gasteiger charge is 2.17. The van der Waals surface area contributed by atoms with Gasteiger partial charge in [-0.05, 0) is 63.5 Å². The molecule has 4 nitrogen and oxygen atoms in total. The molecule has 0 saturated carbocycles. The maximum Gasteiger partial charge on any atom is 0.319 e. The third-order valence-corrected chi connectivity index (χ3v) is 3.97. The SMILES string of the molecule is C[C@H](CCNC(=O)Nc1ccc(Cl)cc1)N1CCCC1. The Kier molecular flexibility index (Phi) is 5.68. The molecule has 1 heterocycles. The molecule has 110 valence electrons. The molecule has 1 fully saturated rings. The monoisotopic (exact) mass is 295 g/mol. The molecule has 1 aliphatic heterocycles. The van der Waals surface area contributed by atoms with E-state index in [0.29, 0.717) is 17.6 Å². The third kappa shape index (κ3) is 4.69. The average molecular weight is 296 g/mol. The molecule has 2 N–H and O–H groups in total. The Hall–Kier alpha value is -1.26. The van der Waals surface area contributed by atoms with Crippen LogP contribution in [0.1, 0.15) is 26.2 Å². The molecule has 2 rings (SSSR count). The van der Waals surface area contributed by atoms with Gasteiger partial charge in [-0.3, -0.25) is 0 Å². The average Bonchev–Trinajstić information content (AvgIpc) is 2.95. The van der Waals surface area contributed by atoms with Gasteiger partial charge < -0.3 is 15.5 Å². The van der Waals surface area contributed by atoms with Crippen LogP contribution in [0.5, 0.6) is 0 Å². The van der Waals surface area contributed by atoms with Crippen LogP contribution in [0.4, 0.5) is 10.5 Å². The van der Waals surface area contributed by atoms with E-state index in [9.17, 15) is 4.79 Å². The van der Waals surface area contributed by atoms with E-state index in [-0.39, 0.29) is 6.03 Å². The summed E-state index contributed by atoms with van der Waals surface area (Å²) in [6.45, 7) is 5.30. The number of benzene rings is 1. The molecule has 1 aromatic rings. The minimum absolute atomic E-state index is 0.166. The molecule has 1 aliphatic rings. The number of anilines is 1. The van der Waals surface area contributed by atoms with Gasteiger partial charge in [0.2, 0.25) is 0 Å². The lowest BCUT2D eigenvalue weighted by atomic mass is 10.2. The Labute approximate surface area is 125 Å². The number of likely N-dealkylation sites (tertiary alicyclic amines) is 1. The van der Waals surface area contributed by atoms with Crippen molar-refractivity contribution < 1.29 is 4.79 Å². The lowest BCUT2D eigenvalue weighted by Crippen LogP contribution is -2.36. The summed E-state index contributed by atoms with van der Waals surface area (Å²) in [5, 5.41) is 6.34. The van der Waals surface area contributed by atoms with E-state index in [0.717, 1.165) is 12.1 Å². The van der Waals surface area contributed by atoms with E-state index < -0.39 is 0 Å². The predicted octanol–water partition coefficient (Wildman–Crippen LogP) is 3.34. The van der Waals surface area contributed by atoms with Gasteiger partial charge in [0, 0.05) is 23.3 Å². The molecule has 0 radical (unpaired) electrons. The summed E-state index contributed by atoms with van der Waals surface area (Å²) < 4.78 is 0. The van der Waals surface area contributed by atoms with Crippen molar-refractivity contribution in [3.05, 3.63) is 29.3 Å². The number of carbonyl (C=O) groups is 1. The molecule has 5 heteroatoms. The second-order valence-corrected chi connectivity index (χ2v) is 5.71. The number of halogens is 1. The Morgan fingerprint density at radius 3 is 2.60 bits per heavy atom. The fraction of sp³-hybridized carbons (Fsp3) is 0.533. The lowest BCUT2D eigenvalue weighted by Gasteiger charge is -2.23. The van der Waals surface area contributed by atoms with Crippen LogP contribution in [-0.2, 0) is 0 Å². The quantitative estimate of drug-likeness (QED) is 0.875. The van der Waals surface area contributed by atoms with Crippen LogP contribution in [0.15, 0.2) is 24.3 Å². The zero-order valence-electron chi connectivity index (χ0n) is 11.9. The zero-order chi connectivity index (χ0) is 14.4. The summed E-state index contributed by atoms with van der Waals surface area (Å²) >= 11 is 5.80. The predicted molar refractivity (Wildman–Crippen MR) is 83.4 cm³/mol. The molecule has 1 aromatic carbocycles. The number of amides is 2. The Morgan fingerprint density at radius 1 is 1.30 bits per heavy atom. The largest absolute Gasteiger partial charge is 0.338 e. The molecule has 0 spiro atoms. The summed E-state index contributed by atoms with van der Waals surface area (Å²) in [7, 11) is 0. The molecular formula is C15H22ClN3O. The first-order valence-corrected chi connectivity index (χ1v) is 7.57. The molecule has 1 atom stereocenters. The number of nitrogens with zero attached hydrogens (tertiary/aromatic N) is 1. The maximum atomic E-state index is 11.7. The van der Waals surface area contributed by atoms with Gasteiger partial charge in [-0.25, -0.2) is 4.79 Å². The van der Waals surface area contributed by atoms with Gasteiger partial charge in [-0.2, -0.15) is 0 Å². The zero-order valence-corrected chi connectivity index (χ0v) is 12.6. The van der Waals surface area contributed by atoms with Crippen LogP contribution in [0.3, 0.4) is 0 Å². The van der Waals surface area contributed by atoms with E-state index in [1.165, 1.54) is 25.9 Å². The Morgan fingerprint density at radius 2 is 1.95 bits per heavy atom. The molecular weight excluding hydrogens is 274 g/mol. The van der Waals surface area contributed by atoms with Gasteiger partial charge in [0.05, 0.1) is 0 Å². The fourth-order valence-corrected chi connectivity index (χ4v) is 2.59. The summed E-state index contributed by atoms with van der Waals surface area (Å²) in [4.78, 5) is 14.2. The summed E-state index contributed by atoms with van der Waals surface area (Å²) in [5.74, 6) is 0. The van der Waals surface area contributed by atoms with E-state index in [2.05, 4.69) is 22.5 Å². The molecule has 0 aromatic heterocycles. The van der Waals surface area contributed by atoms with Crippen LogP contribution in [0, 0.1) is 0 Å². The van der Waals surface area contributed by atoms with Crippen LogP contribution in [0.25, 0.3) is 0 Å². The Bertz CT molecular complexity index is 429. The number of carbonyl (C=O) groups excluding carboxylic acids is 1. The first-order chi connectivity index (χ1) is 9.65. The van der Waals surface area contributed by atoms with Crippen molar-refractivity contribution in [3.63, 3.8) is 0 Å². The van der Waals surface area contributed by atoms with Gasteiger partial charge in [-0.15, -0.1) is 0 Å². The van der Waals surface area contributed by atoms with E-state index >= 15 is 0 Å². The molecule has 20 heavy (non-hydrogen) atoms. The third-order valence-electron chi connectivity index (χ3n) is 3.71. The van der Waals surface area contributed by atoms with Crippen molar-refractivity contribution in [3.8, 4) is 0 Å². The topological polar surface area (TPSA) is 44.4 Å². The van der Waals surface area contributed by atoms with Gasteiger partial charge in [0.25, 0.3) is 0 Å². The summed E-state index contributed by atoms with van der Waals surface area (Å²) in [6, 6.07) is 7.46. The molecule has 1 saturated heterocycles. The maximum absolute atomic E-state index is 11.7. The highest BCUT2D eigenvalue weighted by atomic mass is 35.5. The lowest BCUT2D eigenvalue weighted by molar-refractivity contribution is 0.238. The fourth-order valence-electron chi connectivity index (χ4n) is 2.47.